The summed E-state index contributed by atoms with van der Waals surface area (Å²) in [4.78, 5) is 14.5. The molecule has 3 rings (SSSR count). The molecular weight excluding hydrogens is 318 g/mol. The third kappa shape index (κ3) is 4.24. The number of para-hydroxylation sites is 2. The maximum atomic E-state index is 12.7. The summed E-state index contributed by atoms with van der Waals surface area (Å²) in [6.45, 7) is 3.55. The van der Waals surface area contributed by atoms with Gasteiger partial charge < -0.3 is 19.1 Å². The highest BCUT2D eigenvalue weighted by Crippen LogP contribution is 2.31. The summed E-state index contributed by atoms with van der Waals surface area (Å²) in [5, 5.41) is 0. The van der Waals surface area contributed by atoms with Crippen molar-refractivity contribution in [1.29, 1.82) is 0 Å². The van der Waals surface area contributed by atoms with Crippen molar-refractivity contribution >= 4 is 5.91 Å². The van der Waals surface area contributed by atoms with Crippen LogP contribution in [0.1, 0.15) is 12.5 Å². The van der Waals surface area contributed by atoms with E-state index in [9.17, 15) is 4.79 Å². The van der Waals surface area contributed by atoms with Crippen LogP contribution < -0.4 is 14.2 Å². The van der Waals surface area contributed by atoms with Crippen LogP contribution in [-0.2, 0) is 11.2 Å². The molecule has 0 spiro atoms. The Hall–Kier alpha value is -2.69. The van der Waals surface area contributed by atoms with Gasteiger partial charge in [-0.1, -0.05) is 24.3 Å². The van der Waals surface area contributed by atoms with Gasteiger partial charge in [0.15, 0.2) is 17.6 Å². The zero-order chi connectivity index (χ0) is 17.6. The first-order valence-electron chi connectivity index (χ1n) is 8.48. The van der Waals surface area contributed by atoms with Gasteiger partial charge in [-0.15, -0.1) is 0 Å². The lowest BCUT2D eigenvalue weighted by atomic mass is 10.1. The number of benzene rings is 2. The topological polar surface area (TPSA) is 48.0 Å². The molecule has 0 saturated carbocycles. The standard InChI is InChI=1S/C20H23NO4/c1-3-21(20(22)12-15-7-6-8-16(11-15)23-2)13-17-14-24-18-9-4-5-10-19(18)25-17/h4-11,17H,3,12-14H2,1-2H3. The zero-order valence-corrected chi connectivity index (χ0v) is 14.6. The Morgan fingerprint density at radius 1 is 1.20 bits per heavy atom. The summed E-state index contributed by atoms with van der Waals surface area (Å²) in [6, 6.07) is 15.2. The molecule has 0 radical (unpaired) electrons. The van der Waals surface area contributed by atoms with Gasteiger partial charge in [-0.3, -0.25) is 4.79 Å². The van der Waals surface area contributed by atoms with Gasteiger partial charge in [0, 0.05) is 6.54 Å². The second-order valence-electron chi connectivity index (χ2n) is 5.96. The van der Waals surface area contributed by atoms with Crippen molar-refractivity contribution in [2.24, 2.45) is 0 Å². The summed E-state index contributed by atoms with van der Waals surface area (Å²) in [7, 11) is 1.62. The van der Waals surface area contributed by atoms with Gasteiger partial charge in [0.2, 0.25) is 5.91 Å². The Labute approximate surface area is 148 Å². The molecule has 0 bridgehead atoms. The van der Waals surface area contributed by atoms with E-state index in [-0.39, 0.29) is 12.0 Å². The van der Waals surface area contributed by atoms with E-state index in [1.807, 2.05) is 55.5 Å². The highest BCUT2D eigenvalue weighted by Gasteiger charge is 2.24. The highest BCUT2D eigenvalue weighted by atomic mass is 16.6. The SMILES string of the molecule is CCN(CC1COc2ccccc2O1)C(=O)Cc1cccc(OC)c1. The molecule has 1 aliphatic heterocycles. The monoisotopic (exact) mass is 341 g/mol. The summed E-state index contributed by atoms with van der Waals surface area (Å²) < 4.78 is 16.9. The fourth-order valence-corrected chi connectivity index (χ4v) is 2.87. The maximum Gasteiger partial charge on any atom is 0.227 e. The van der Waals surface area contributed by atoms with Gasteiger partial charge in [0.25, 0.3) is 0 Å². The smallest absolute Gasteiger partial charge is 0.227 e. The van der Waals surface area contributed by atoms with Crippen LogP contribution in [0.5, 0.6) is 17.2 Å². The number of hydrogen-bond acceptors (Lipinski definition) is 4. The molecule has 0 aromatic heterocycles. The fraction of sp³-hybridized carbons (Fsp3) is 0.350. The first kappa shape index (κ1) is 17.1. The molecule has 5 heteroatoms. The van der Waals surface area contributed by atoms with E-state index < -0.39 is 0 Å². The number of rotatable bonds is 6. The molecule has 0 saturated heterocycles. The molecule has 1 aliphatic rings. The molecule has 0 fully saturated rings. The highest BCUT2D eigenvalue weighted by molar-refractivity contribution is 5.79. The Morgan fingerprint density at radius 2 is 2.00 bits per heavy atom. The number of carbonyl (C=O) groups is 1. The van der Waals surface area contributed by atoms with Crippen LogP contribution in [-0.4, -0.2) is 43.7 Å². The lowest BCUT2D eigenvalue weighted by Gasteiger charge is -2.31. The lowest BCUT2D eigenvalue weighted by Crippen LogP contribution is -2.44. The predicted octanol–water partition coefficient (Wildman–Crippen LogP) is 2.93. The number of amides is 1. The van der Waals surface area contributed by atoms with Crippen molar-refractivity contribution in [3.8, 4) is 17.2 Å². The summed E-state index contributed by atoms with van der Waals surface area (Å²) in [5.74, 6) is 2.31. The molecule has 1 atom stereocenters. The molecular formula is C20H23NO4. The molecule has 1 amide bonds. The first-order chi connectivity index (χ1) is 12.2. The average molecular weight is 341 g/mol. The molecule has 1 unspecified atom stereocenters. The van der Waals surface area contributed by atoms with Gasteiger partial charge in [-0.25, -0.2) is 0 Å². The largest absolute Gasteiger partial charge is 0.497 e. The van der Waals surface area contributed by atoms with Crippen LogP contribution in [0.25, 0.3) is 0 Å². The van der Waals surface area contributed by atoms with Crippen LogP contribution >= 0.6 is 0 Å². The molecule has 0 N–H and O–H groups in total. The Bertz CT molecular complexity index is 731. The number of likely N-dealkylation sites (N-methyl/N-ethyl adjacent to an activating group) is 1. The summed E-state index contributed by atoms with van der Waals surface area (Å²) >= 11 is 0. The van der Waals surface area contributed by atoms with Gasteiger partial charge >= 0.3 is 0 Å². The quantitative estimate of drug-likeness (QED) is 0.811. The lowest BCUT2D eigenvalue weighted by molar-refractivity contribution is -0.131. The van der Waals surface area contributed by atoms with Crippen molar-refractivity contribution in [3.05, 3.63) is 54.1 Å². The van der Waals surface area contributed by atoms with Crippen molar-refractivity contribution in [2.45, 2.75) is 19.4 Å². The van der Waals surface area contributed by atoms with Gasteiger partial charge in [0.05, 0.1) is 20.1 Å². The Morgan fingerprint density at radius 3 is 2.76 bits per heavy atom. The molecule has 25 heavy (non-hydrogen) atoms. The molecule has 5 nitrogen and oxygen atoms in total. The Kier molecular flexibility index (Phi) is 5.43. The van der Waals surface area contributed by atoms with Crippen LogP contribution in [0, 0.1) is 0 Å². The molecule has 0 aliphatic carbocycles. The summed E-state index contributed by atoms with van der Waals surface area (Å²) in [6.07, 6.45) is 0.180. The third-order valence-corrected chi connectivity index (χ3v) is 4.22. The van der Waals surface area contributed by atoms with Gasteiger partial charge in [0.1, 0.15) is 12.4 Å². The van der Waals surface area contributed by atoms with E-state index in [2.05, 4.69) is 0 Å². The average Bonchev–Trinajstić information content (AvgIpc) is 2.66. The maximum absolute atomic E-state index is 12.7. The Balaban J connectivity index is 1.61. The van der Waals surface area contributed by atoms with E-state index in [1.54, 1.807) is 12.0 Å². The number of fused-ring (bicyclic) bond motifs is 1. The fourth-order valence-electron chi connectivity index (χ4n) is 2.87. The van der Waals surface area contributed by atoms with Crippen molar-refractivity contribution in [1.82, 2.24) is 4.90 Å². The minimum Gasteiger partial charge on any atom is -0.497 e. The number of carbonyl (C=O) groups excluding carboxylic acids is 1. The van der Waals surface area contributed by atoms with Crippen molar-refractivity contribution in [3.63, 3.8) is 0 Å². The number of nitrogens with zero attached hydrogens (tertiary/aromatic N) is 1. The number of hydrogen-bond donors (Lipinski definition) is 0. The number of methoxy groups -OCH3 is 1. The van der Waals surface area contributed by atoms with Crippen LogP contribution in [0.3, 0.4) is 0 Å². The van der Waals surface area contributed by atoms with Crippen LogP contribution in [0.2, 0.25) is 0 Å². The van der Waals surface area contributed by atoms with Crippen LogP contribution in [0.4, 0.5) is 0 Å². The van der Waals surface area contributed by atoms with E-state index in [1.165, 1.54) is 0 Å². The molecule has 1 heterocycles. The second-order valence-corrected chi connectivity index (χ2v) is 5.96. The van der Waals surface area contributed by atoms with E-state index in [0.29, 0.717) is 26.1 Å². The van der Waals surface area contributed by atoms with E-state index in [4.69, 9.17) is 14.2 Å². The van der Waals surface area contributed by atoms with Crippen molar-refractivity contribution in [2.75, 3.05) is 26.8 Å². The third-order valence-electron chi connectivity index (χ3n) is 4.22. The van der Waals surface area contributed by atoms with Crippen LogP contribution in [0.15, 0.2) is 48.5 Å². The molecule has 2 aromatic rings. The first-order valence-corrected chi connectivity index (χ1v) is 8.48. The molecule has 2 aromatic carbocycles. The van der Waals surface area contributed by atoms with E-state index >= 15 is 0 Å². The minimum absolute atomic E-state index is 0.0678. The zero-order valence-electron chi connectivity index (χ0n) is 14.6. The van der Waals surface area contributed by atoms with Gasteiger partial charge in [-0.2, -0.15) is 0 Å². The normalized spacial score (nSPS) is 15.5. The van der Waals surface area contributed by atoms with E-state index in [0.717, 1.165) is 22.8 Å². The van der Waals surface area contributed by atoms with Gasteiger partial charge in [-0.05, 0) is 36.8 Å². The minimum atomic E-state index is -0.163. The van der Waals surface area contributed by atoms with Crippen molar-refractivity contribution < 1.29 is 19.0 Å². The predicted molar refractivity (Wildman–Crippen MR) is 95.3 cm³/mol. The summed E-state index contributed by atoms with van der Waals surface area (Å²) in [5.41, 5.74) is 0.939. The number of ether oxygens (including phenoxy) is 3. The molecule has 132 valence electrons. The second kappa shape index (κ2) is 7.92.